The topological polar surface area (TPSA) is 87.7 Å². The Bertz CT molecular complexity index is 1060. The molecule has 160 valence electrons. The Morgan fingerprint density at radius 2 is 2.10 bits per heavy atom. The van der Waals surface area contributed by atoms with Crippen LogP contribution >= 0.6 is 11.8 Å². The van der Waals surface area contributed by atoms with Crippen molar-refractivity contribution in [1.29, 1.82) is 0 Å². The zero-order valence-corrected chi connectivity index (χ0v) is 18.7. The van der Waals surface area contributed by atoms with Gasteiger partial charge in [-0.25, -0.2) is 23.1 Å². The van der Waals surface area contributed by atoms with Gasteiger partial charge in [-0.2, -0.15) is 0 Å². The average molecular weight is 448 g/mol. The molecule has 0 bridgehead atoms. The third kappa shape index (κ3) is 5.01. The zero-order valence-electron chi connectivity index (χ0n) is 17.0. The molecular formula is C20H25N5O3S2. The number of nitrogens with one attached hydrogen (secondary N) is 1. The van der Waals surface area contributed by atoms with Crippen molar-refractivity contribution >= 4 is 33.3 Å². The summed E-state index contributed by atoms with van der Waals surface area (Å²) in [5.74, 6) is 0.809. The molecule has 10 heteroatoms. The summed E-state index contributed by atoms with van der Waals surface area (Å²) in [6, 6.07) is 6.46. The molecule has 2 aromatic rings. The van der Waals surface area contributed by atoms with Crippen molar-refractivity contribution in [3.8, 4) is 0 Å². The molecule has 0 saturated heterocycles. The molecule has 0 amide bonds. The lowest BCUT2D eigenvalue weighted by Crippen LogP contribution is -2.34. The Hall–Kier alpha value is -1.98. The zero-order chi connectivity index (χ0) is 21.1. The van der Waals surface area contributed by atoms with E-state index in [0.717, 1.165) is 53.1 Å². The molecule has 3 heterocycles. The normalized spacial score (nSPS) is 16.7. The first-order valence-electron chi connectivity index (χ1n) is 9.66. The molecule has 0 atom stereocenters. The lowest BCUT2D eigenvalue weighted by molar-refractivity contribution is 0.204. The van der Waals surface area contributed by atoms with Crippen LogP contribution in [0.1, 0.15) is 12.0 Å². The summed E-state index contributed by atoms with van der Waals surface area (Å²) >= 11 is 1.62. The standard InChI is InChI=1S/C20H25N5O3S2/c1-28-14-25-17-10-15(5-6-18(17)29-20-19(25)21-7-8-22-20)12-24-9-3-4-16(13-24)11-23-30(2,26)27/h4-8,10,23H,3,9,11-14H2,1-2H3. The Labute approximate surface area is 181 Å². The fourth-order valence-corrected chi connectivity index (χ4v) is 5.07. The van der Waals surface area contributed by atoms with Gasteiger partial charge in [0.25, 0.3) is 0 Å². The van der Waals surface area contributed by atoms with Crippen LogP contribution in [0.15, 0.2) is 52.2 Å². The Kier molecular flexibility index (Phi) is 6.40. The van der Waals surface area contributed by atoms with Crippen molar-refractivity contribution < 1.29 is 13.2 Å². The molecule has 4 rings (SSSR count). The number of benzene rings is 1. The smallest absolute Gasteiger partial charge is 0.208 e. The third-order valence-electron chi connectivity index (χ3n) is 4.95. The van der Waals surface area contributed by atoms with Gasteiger partial charge in [-0.1, -0.05) is 23.9 Å². The number of hydrogen-bond acceptors (Lipinski definition) is 8. The van der Waals surface area contributed by atoms with Crippen LogP contribution in [0.5, 0.6) is 0 Å². The van der Waals surface area contributed by atoms with Gasteiger partial charge in [0.2, 0.25) is 10.0 Å². The highest BCUT2D eigenvalue weighted by Crippen LogP contribution is 2.46. The highest BCUT2D eigenvalue weighted by molar-refractivity contribution is 7.99. The number of nitrogens with zero attached hydrogens (tertiary/aromatic N) is 4. The molecule has 2 aliphatic rings. The minimum atomic E-state index is -3.19. The molecule has 2 aliphatic heterocycles. The van der Waals surface area contributed by atoms with E-state index in [1.54, 1.807) is 31.3 Å². The maximum atomic E-state index is 11.4. The lowest BCUT2D eigenvalue weighted by Gasteiger charge is -2.31. The van der Waals surface area contributed by atoms with Crippen LogP contribution in [-0.4, -0.2) is 63.0 Å². The van der Waals surface area contributed by atoms with E-state index in [0.29, 0.717) is 13.3 Å². The fourth-order valence-electron chi connectivity index (χ4n) is 3.64. The minimum absolute atomic E-state index is 0.368. The first-order valence-corrected chi connectivity index (χ1v) is 12.4. The third-order valence-corrected chi connectivity index (χ3v) is 6.67. The fraction of sp³-hybridized carbons (Fsp3) is 0.400. The van der Waals surface area contributed by atoms with E-state index in [4.69, 9.17) is 4.74 Å². The van der Waals surface area contributed by atoms with Gasteiger partial charge in [0, 0.05) is 50.6 Å². The Morgan fingerprint density at radius 3 is 2.90 bits per heavy atom. The molecule has 0 aliphatic carbocycles. The van der Waals surface area contributed by atoms with Crippen LogP contribution in [0.4, 0.5) is 11.5 Å². The van der Waals surface area contributed by atoms with Crippen molar-refractivity contribution in [3.05, 3.63) is 47.8 Å². The summed E-state index contributed by atoms with van der Waals surface area (Å²) in [6.45, 7) is 3.26. The van der Waals surface area contributed by atoms with Crippen molar-refractivity contribution in [2.45, 2.75) is 22.9 Å². The van der Waals surface area contributed by atoms with Crippen LogP contribution in [0.2, 0.25) is 0 Å². The summed E-state index contributed by atoms with van der Waals surface area (Å²) in [7, 11) is -1.51. The molecule has 1 aromatic carbocycles. The minimum Gasteiger partial charge on any atom is -0.364 e. The molecule has 0 radical (unpaired) electrons. The monoisotopic (exact) mass is 447 g/mol. The van der Waals surface area contributed by atoms with Gasteiger partial charge in [-0.3, -0.25) is 9.80 Å². The number of ether oxygens (including phenoxy) is 1. The average Bonchev–Trinajstić information content (AvgIpc) is 2.72. The summed E-state index contributed by atoms with van der Waals surface area (Å²) in [5.41, 5.74) is 3.37. The Balaban J connectivity index is 1.50. The van der Waals surface area contributed by atoms with Crippen LogP contribution in [0, 0.1) is 0 Å². The van der Waals surface area contributed by atoms with Gasteiger partial charge < -0.3 is 4.74 Å². The molecule has 30 heavy (non-hydrogen) atoms. The van der Waals surface area contributed by atoms with Gasteiger partial charge in [0.1, 0.15) is 11.8 Å². The van der Waals surface area contributed by atoms with E-state index >= 15 is 0 Å². The molecule has 1 aromatic heterocycles. The molecule has 0 unspecified atom stereocenters. The van der Waals surface area contributed by atoms with Gasteiger partial charge in [-0.05, 0) is 29.7 Å². The van der Waals surface area contributed by atoms with Gasteiger partial charge in [0.05, 0.1) is 11.9 Å². The molecular weight excluding hydrogens is 422 g/mol. The van der Waals surface area contributed by atoms with Crippen LogP contribution < -0.4 is 9.62 Å². The lowest BCUT2D eigenvalue weighted by atomic mass is 10.1. The number of aromatic nitrogens is 2. The number of anilines is 2. The van der Waals surface area contributed by atoms with E-state index in [2.05, 4.69) is 48.8 Å². The van der Waals surface area contributed by atoms with Crippen molar-refractivity contribution in [3.63, 3.8) is 0 Å². The summed E-state index contributed by atoms with van der Waals surface area (Å²) in [5, 5.41) is 0.874. The largest absolute Gasteiger partial charge is 0.364 e. The highest BCUT2D eigenvalue weighted by Gasteiger charge is 2.26. The number of sulfonamides is 1. The Morgan fingerprint density at radius 1 is 1.27 bits per heavy atom. The maximum absolute atomic E-state index is 11.4. The number of fused-ring (bicyclic) bond motifs is 2. The van der Waals surface area contributed by atoms with Gasteiger partial charge >= 0.3 is 0 Å². The van der Waals surface area contributed by atoms with Crippen molar-refractivity contribution in [2.24, 2.45) is 0 Å². The number of rotatable bonds is 7. The maximum Gasteiger partial charge on any atom is 0.208 e. The quantitative estimate of drug-likeness (QED) is 0.648. The first kappa shape index (κ1) is 21.3. The van der Waals surface area contributed by atoms with E-state index < -0.39 is 10.0 Å². The van der Waals surface area contributed by atoms with Crippen molar-refractivity contribution in [1.82, 2.24) is 19.6 Å². The predicted molar refractivity (Wildman–Crippen MR) is 117 cm³/mol. The molecule has 0 spiro atoms. The van der Waals surface area contributed by atoms with Crippen molar-refractivity contribution in [2.75, 3.05) is 44.6 Å². The molecule has 0 saturated carbocycles. The first-order chi connectivity index (χ1) is 14.4. The van der Waals surface area contributed by atoms with E-state index in [-0.39, 0.29) is 0 Å². The summed E-state index contributed by atoms with van der Waals surface area (Å²) in [4.78, 5) is 14.5. The van der Waals surface area contributed by atoms with Crippen LogP contribution in [0.3, 0.4) is 0 Å². The van der Waals surface area contributed by atoms with Gasteiger partial charge in [0.15, 0.2) is 5.82 Å². The number of methoxy groups -OCH3 is 1. The molecule has 0 fully saturated rings. The summed E-state index contributed by atoms with van der Waals surface area (Å²) < 4.78 is 30.8. The molecule has 8 nitrogen and oxygen atoms in total. The van der Waals surface area contributed by atoms with E-state index in [1.165, 1.54) is 11.8 Å². The van der Waals surface area contributed by atoms with E-state index in [9.17, 15) is 8.42 Å². The van der Waals surface area contributed by atoms with Crippen LogP contribution in [-0.2, 0) is 21.3 Å². The van der Waals surface area contributed by atoms with E-state index in [1.807, 2.05) is 0 Å². The predicted octanol–water partition coefficient (Wildman–Crippen LogP) is 2.36. The molecule has 1 N–H and O–H groups in total. The van der Waals surface area contributed by atoms with Gasteiger partial charge in [-0.15, -0.1) is 0 Å². The second kappa shape index (κ2) is 9.03. The highest BCUT2D eigenvalue weighted by atomic mass is 32.2. The SMILES string of the molecule is COCN1c2cc(CN3CCC=C(CNS(C)(=O)=O)C3)ccc2Sc2nccnc21. The second-order valence-corrected chi connectivity index (χ2v) is 10.3. The van der Waals surface area contributed by atoms with Crippen LogP contribution in [0.25, 0.3) is 0 Å². The summed E-state index contributed by atoms with van der Waals surface area (Å²) in [6.07, 6.45) is 7.64. The second-order valence-electron chi connectivity index (χ2n) is 7.39. The number of hydrogen-bond donors (Lipinski definition) is 1.